The van der Waals surface area contributed by atoms with Gasteiger partial charge in [-0.2, -0.15) is 0 Å². The van der Waals surface area contributed by atoms with Crippen LogP contribution in [0.2, 0.25) is 0 Å². The molecular weight excluding hydrogens is 354 g/mol. The number of fused-ring (bicyclic) bond motifs is 4. The molecule has 138 valence electrons. The third kappa shape index (κ3) is 2.28. The predicted molar refractivity (Wildman–Crippen MR) is 120 cm³/mol. The molecule has 0 atom stereocenters. The smallest absolute Gasteiger partial charge is 0.145 e. The van der Waals surface area contributed by atoms with E-state index in [9.17, 15) is 0 Å². The lowest BCUT2D eigenvalue weighted by Gasteiger charge is -2.12. The number of hydrogen-bond acceptors (Lipinski definition) is 1. The molecule has 0 fully saturated rings. The molecule has 0 bridgehead atoms. The van der Waals surface area contributed by atoms with Crippen molar-refractivity contribution in [3.63, 3.8) is 0 Å². The van der Waals surface area contributed by atoms with Gasteiger partial charge < -0.3 is 4.57 Å². The number of benzene rings is 4. The van der Waals surface area contributed by atoms with Gasteiger partial charge in [-0.05, 0) is 30.3 Å². The highest BCUT2D eigenvalue weighted by Crippen LogP contribution is 2.36. The predicted octanol–water partition coefficient (Wildman–Crippen LogP) is 6.34. The molecule has 0 radical (unpaired) electrons. The number of imidazole rings is 1. The fourth-order valence-corrected chi connectivity index (χ4v) is 4.43. The summed E-state index contributed by atoms with van der Waals surface area (Å²) in [5.74, 6) is 0.965. The maximum absolute atomic E-state index is 5.01. The second kappa shape index (κ2) is 6.08. The van der Waals surface area contributed by atoms with Crippen LogP contribution in [0.25, 0.3) is 49.9 Å². The Bertz CT molecular complexity index is 1500. The first kappa shape index (κ1) is 16.1. The third-order valence-corrected chi connectivity index (χ3v) is 5.75. The van der Waals surface area contributed by atoms with Crippen molar-refractivity contribution >= 4 is 32.8 Å². The Balaban J connectivity index is 1.81. The zero-order chi connectivity index (χ0) is 19.4. The number of aryl methyl sites for hydroxylation is 1. The number of rotatable bonds is 2. The molecule has 3 heteroatoms. The van der Waals surface area contributed by atoms with Crippen LogP contribution in [0.4, 0.5) is 0 Å². The lowest BCUT2D eigenvalue weighted by Crippen LogP contribution is -1.98. The van der Waals surface area contributed by atoms with Crippen molar-refractivity contribution in [3.05, 3.63) is 97.1 Å². The Morgan fingerprint density at radius 2 is 1.31 bits per heavy atom. The fourth-order valence-electron chi connectivity index (χ4n) is 4.43. The molecule has 2 heterocycles. The summed E-state index contributed by atoms with van der Waals surface area (Å²) < 4.78 is 4.58. The zero-order valence-electron chi connectivity index (χ0n) is 16.1. The SMILES string of the molecule is Cn1c2ccccc2c2c(-n3c(-c4ccccc4)nc4ccccc43)cccc21. The first-order valence-corrected chi connectivity index (χ1v) is 9.82. The van der Waals surface area contributed by atoms with Gasteiger partial charge in [0, 0.05) is 28.9 Å². The summed E-state index contributed by atoms with van der Waals surface area (Å²) >= 11 is 0. The van der Waals surface area contributed by atoms with Crippen molar-refractivity contribution < 1.29 is 0 Å². The molecule has 0 aliphatic heterocycles. The van der Waals surface area contributed by atoms with Crippen molar-refractivity contribution in [1.29, 1.82) is 0 Å². The molecule has 2 aromatic heterocycles. The van der Waals surface area contributed by atoms with Crippen LogP contribution in [0.1, 0.15) is 0 Å². The Hall–Kier alpha value is -3.85. The Kier molecular flexibility index (Phi) is 3.38. The van der Waals surface area contributed by atoms with Gasteiger partial charge >= 0.3 is 0 Å². The minimum absolute atomic E-state index is 0.965. The fraction of sp³-hybridized carbons (Fsp3) is 0.0385. The van der Waals surface area contributed by atoms with Crippen LogP contribution in [0.3, 0.4) is 0 Å². The van der Waals surface area contributed by atoms with Gasteiger partial charge in [-0.15, -0.1) is 0 Å². The van der Waals surface area contributed by atoms with E-state index in [0.29, 0.717) is 0 Å². The van der Waals surface area contributed by atoms with Crippen molar-refractivity contribution in [2.75, 3.05) is 0 Å². The number of para-hydroxylation sites is 3. The highest BCUT2D eigenvalue weighted by molar-refractivity contribution is 6.12. The summed E-state index contributed by atoms with van der Waals surface area (Å²) in [7, 11) is 2.14. The maximum Gasteiger partial charge on any atom is 0.145 e. The molecule has 0 saturated heterocycles. The van der Waals surface area contributed by atoms with Crippen molar-refractivity contribution in [2.45, 2.75) is 0 Å². The molecular formula is C26H19N3. The van der Waals surface area contributed by atoms with Crippen LogP contribution in [0, 0.1) is 0 Å². The van der Waals surface area contributed by atoms with Crippen molar-refractivity contribution in [3.8, 4) is 17.1 Å². The van der Waals surface area contributed by atoms with Crippen LogP contribution >= 0.6 is 0 Å². The second-order valence-corrected chi connectivity index (χ2v) is 7.37. The molecule has 6 aromatic rings. The van der Waals surface area contributed by atoms with Gasteiger partial charge in [-0.25, -0.2) is 4.98 Å². The normalized spacial score (nSPS) is 11.6. The van der Waals surface area contributed by atoms with Gasteiger partial charge in [0.1, 0.15) is 5.82 Å². The number of nitrogens with zero attached hydrogens (tertiary/aromatic N) is 3. The summed E-state index contributed by atoms with van der Waals surface area (Å²) in [6.07, 6.45) is 0. The van der Waals surface area contributed by atoms with E-state index in [1.807, 2.05) is 12.1 Å². The number of aromatic nitrogens is 3. The molecule has 0 N–H and O–H groups in total. The Morgan fingerprint density at radius 3 is 2.17 bits per heavy atom. The van der Waals surface area contributed by atoms with Gasteiger partial charge in [-0.1, -0.05) is 66.7 Å². The summed E-state index contributed by atoms with van der Waals surface area (Å²) in [5.41, 5.74) is 6.85. The highest BCUT2D eigenvalue weighted by Gasteiger charge is 2.18. The lowest BCUT2D eigenvalue weighted by atomic mass is 10.1. The quantitative estimate of drug-likeness (QED) is 0.347. The van der Waals surface area contributed by atoms with Crippen LogP contribution in [-0.4, -0.2) is 14.1 Å². The topological polar surface area (TPSA) is 22.8 Å². The first-order chi connectivity index (χ1) is 14.3. The highest BCUT2D eigenvalue weighted by atomic mass is 15.1. The molecule has 0 unspecified atom stereocenters. The van der Waals surface area contributed by atoms with E-state index in [1.165, 1.54) is 21.8 Å². The first-order valence-electron chi connectivity index (χ1n) is 9.82. The maximum atomic E-state index is 5.01. The van der Waals surface area contributed by atoms with E-state index in [1.54, 1.807) is 0 Å². The summed E-state index contributed by atoms with van der Waals surface area (Å²) in [4.78, 5) is 5.01. The monoisotopic (exact) mass is 373 g/mol. The molecule has 0 amide bonds. The van der Waals surface area contributed by atoms with E-state index >= 15 is 0 Å². The van der Waals surface area contributed by atoms with Crippen LogP contribution in [-0.2, 0) is 7.05 Å². The van der Waals surface area contributed by atoms with E-state index in [-0.39, 0.29) is 0 Å². The molecule has 3 nitrogen and oxygen atoms in total. The summed E-state index contributed by atoms with van der Waals surface area (Å²) in [6.45, 7) is 0. The van der Waals surface area contributed by atoms with Crippen LogP contribution < -0.4 is 0 Å². The second-order valence-electron chi connectivity index (χ2n) is 7.37. The number of hydrogen-bond donors (Lipinski definition) is 0. The average Bonchev–Trinajstić information content (AvgIpc) is 3.31. The Labute approximate surface area is 168 Å². The molecule has 0 aliphatic carbocycles. The van der Waals surface area contributed by atoms with Crippen molar-refractivity contribution in [1.82, 2.24) is 14.1 Å². The molecule has 0 saturated carbocycles. The van der Waals surface area contributed by atoms with Crippen LogP contribution in [0.5, 0.6) is 0 Å². The van der Waals surface area contributed by atoms with E-state index in [0.717, 1.165) is 28.1 Å². The van der Waals surface area contributed by atoms with E-state index in [4.69, 9.17) is 4.98 Å². The van der Waals surface area contributed by atoms with Crippen molar-refractivity contribution in [2.24, 2.45) is 7.05 Å². The minimum atomic E-state index is 0.965. The average molecular weight is 373 g/mol. The van der Waals surface area contributed by atoms with Gasteiger partial charge in [0.25, 0.3) is 0 Å². The Morgan fingerprint density at radius 1 is 0.621 bits per heavy atom. The molecule has 0 spiro atoms. The van der Waals surface area contributed by atoms with E-state index < -0.39 is 0 Å². The van der Waals surface area contributed by atoms with Gasteiger partial charge in [0.05, 0.1) is 22.2 Å². The third-order valence-electron chi connectivity index (χ3n) is 5.75. The summed E-state index contributed by atoms with van der Waals surface area (Å²) in [6, 6.07) is 33.9. The minimum Gasteiger partial charge on any atom is -0.344 e. The standard InChI is InChI=1S/C26H19N3/c1-28-21-14-7-5-12-19(21)25-23(28)16-9-17-24(25)29-22-15-8-6-13-20(22)27-26(29)18-10-3-2-4-11-18/h2-17H,1H3. The van der Waals surface area contributed by atoms with Gasteiger partial charge in [-0.3, -0.25) is 4.57 Å². The molecule has 0 aliphatic rings. The van der Waals surface area contributed by atoms with Gasteiger partial charge in [0.2, 0.25) is 0 Å². The molecule has 4 aromatic carbocycles. The molecule has 6 rings (SSSR count). The van der Waals surface area contributed by atoms with Crippen LogP contribution in [0.15, 0.2) is 97.1 Å². The molecule has 29 heavy (non-hydrogen) atoms. The van der Waals surface area contributed by atoms with Gasteiger partial charge in [0.15, 0.2) is 0 Å². The summed E-state index contributed by atoms with van der Waals surface area (Å²) in [5, 5.41) is 2.52. The zero-order valence-corrected chi connectivity index (χ0v) is 16.1. The van der Waals surface area contributed by atoms with E-state index in [2.05, 4.69) is 101 Å². The lowest BCUT2D eigenvalue weighted by molar-refractivity contribution is 1.01. The largest absolute Gasteiger partial charge is 0.344 e.